The molecular formula is C16H18O3. The highest BCUT2D eigenvalue weighted by Crippen LogP contribution is 2.29. The van der Waals surface area contributed by atoms with Gasteiger partial charge in [0.1, 0.15) is 11.5 Å². The minimum atomic E-state index is -1.13. The lowest BCUT2D eigenvalue weighted by molar-refractivity contribution is -0.121. The molecule has 0 heterocycles. The Kier molecular flexibility index (Phi) is 3.58. The number of methoxy groups -OCH3 is 1. The molecule has 0 saturated carbocycles. The van der Waals surface area contributed by atoms with Gasteiger partial charge in [-0.2, -0.15) is 0 Å². The summed E-state index contributed by atoms with van der Waals surface area (Å²) in [5, 5.41) is 12.4. The molecule has 3 nitrogen and oxygen atoms in total. The number of benzene rings is 2. The fourth-order valence-electron chi connectivity index (χ4n) is 2.27. The number of hydrogen-bond acceptors (Lipinski definition) is 3. The van der Waals surface area contributed by atoms with Gasteiger partial charge in [-0.3, -0.25) is 4.79 Å². The first-order valence-electron chi connectivity index (χ1n) is 6.22. The summed E-state index contributed by atoms with van der Waals surface area (Å²) >= 11 is 0. The first-order valence-corrected chi connectivity index (χ1v) is 6.22. The highest BCUT2D eigenvalue weighted by Gasteiger charge is 2.25. The summed E-state index contributed by atoms with van der Waals surface area (Å²) in [6, 6.07) is 11.5. The molecule has 0 amide bonds. The van der Waals surface area contributed by atoms with Gasteiger partial charge in [0.25, 0.3) is 0 Å². The number of ketones is 1. The molecule has 0 fully saturated rings. The van der Waals surface area contributed by atoms with Crippen molar-refractivity contribution < 1.29 is 14.6 Å². The van der Waals surface area contributed by atoms with E-state index in [9.17, 15) is 9.90 Å². The number of fused-ring (bicyclic) bond motifs is 1. The summed E-state index contributed by atoms with van der Waals surface area (Å²) < 4.78 is 5.18. The van der Waals surface area contributed by atoms with E-state index in [2.05, 4.69) is 0 Å². The second-order valence-corrected chi connectivity index (χ2v) is 5.08. The Bertz CT molecular complexity index is 614. The second kappa shape index (κ2) is 5.02. The third kappa shape index (κ3) is 2.93. The Hall–Kier alpha value is -1.87. The number of carbonyl (C=O) groups is 1. The summed E-state index contributed by atoms with van der Waals surface area (Å²) in [7, 11) is 1.63. The van der Waals surface area contributed by atoms with E-state index in [1.54, 1.807) is 14.0 Å². The molecule has 2 aromatic carbocycles. The van der Waals surface area contributed by atoms with E-state index >= 15 is 0 Å². The molecule has 0 aliphatic carbocycles. The van der Waals surface area contributed by atoms with Gasteiger partial charge in [0.2, 0.25) is 0 Å². The van der Waals surface area contributed by atoms with Crippen molar-refractivity contribution in [1.29, 1.82) is 0 Å². The van der Waals surface area contributed by atoms with E-state index in [0.717, 1.165) is 22.1 Å². The van der Waals surface area contributed by atoms with Crippen LogP contribution in [0.1, 0.15) is 25.8 Å². The number of ether oxygens (including phenoxy) is 1. The fourth-order valence-corrected chi connectivity index (χ4v) is 2.27. The average Bonchev–Trinajstić information content (AvgIpc) is 2.36. The molecule has 100 valence electrons. The molecule has 2 aromatic rings. The van der Waals surface area contributed by atoms with Crippen LogP contribution in [-0.2, 0) is 10.4 Å². The quantitative estimate of drug-likeness (QED) is 0.916. The molecular weight excluding hydrogens is 240 g/mol. The van der Waals surface area contributed by atoms with E-state index < -0.39 is 5.60 Å². The summed E-state index contributed by atoms with van der Waals surface area (Å²) in [5.41, 5.74) is -0.375. The largest absolute Gasteiger partial charge is 0.497 e. The molecule has 0 aliphatic rings. The lowest BCUT2D eigenvalue weighted by Crippen LogP contribution is -2.24. The maximum atomic E-state index is 11.2. The minimum Gasteiger partial charge on any atom is -0.497 e. The maximum absolute atomic E-state index is 11.2. The zero-order chi connectivity index (χ0) is 14.0. The molecule has 19 heavy (non-hydrogen) atoms. The van der Waals surface area contributed by atoms with Crippen LogP contribution in [0.25, 0.3) is 10.8 Å². The van der Waals surface area contributed by atoms with Gasteiger partial charge in [-0.25, -0.2) is 0 Å². The standard InChI is InChI=1S/C16H18O3/c1-11(17)10-16(2,18)14-6-4-13-9-15(19-3)7-5-12(13)8-14/h4-9,18H,10H2,1-3H3/t16-/m1/s1. The van der Waals surface area contributed by atoms with Crippen molar-refractivity contribution in [2.24, 2.45) is 0 Å². The van der Waals surface area contributed by atoms with E-state index in [1.807, 2.05) is 36.4 Å². The Balaban J connectivity index is 2.44. The first-order chi connectivity index (χ1) is 8.92. The minimum absolute atomic E-state index is 0.0279. The number of hydrogen-bond donors (Lipinski definition) is 1. The van der Waals surface area contributed by atoms with Crippen LogP contribution in [-0.4, -0.2) is 18.0 Å². The molecule has 0 radical (unpaired) electrons. The molecule has 0 aromatic heterocycles. The Morgan fingerprint density at radius 1 is 1.21 bits per heavy atom. The fraction of sp³-hybridized carbons (Fsp3) is 0.312. The molecule has 0 aliphatic heterocycles. The number of Topliss-reactive ketones (excluding diaryl/α,β-unsaturated/α-hetero) is 1. The number of rotatable bonds is 4. The van der Waals surface area contributed by atoms with E-state index in [0.29, 0.717) is 0 Å². The Morgan fingerprint density at radius 3 is 2.47 bits per heavy atom. The normalized spacial score (nSPS) is 14.1. The van der Waals surface area contributed by atoms with Gasteiger partial charge in [-0.15, -0.1) is 0 Å². The van der Waals surface area contributed by atoms with Gasteiger partial charge in [-0.05, 0) is 48.4 Å². The summed E-state index contributed by atoms with van der Waals surface area (Å²) in [4.78, 5) is 11.2. The van der Waals surface area contributed by atoms with E-state index in [4.69, 9.17) is 4.74 Å². The predicted molar refractivity (Wildman–Crippen MR) is 75.4 cm³/mol. The van der Waals surface area contributed by atoms with Crippen molar-refractivity contribution in [3.05, 3.63) is 42.0 Å². The van der Waals surface area contributed by atoms with Crippen LogP contribution in [0.15, 0.2) is 36.4 Å². The molecule has 0 saturated heterocycles. The summed E-state index contributed by atoms with van der Waals surface area (Å²) in [6.07, 6.45) is 0.120. The average molecular weight is 258 g/mol. The van der Waals surface area contributed by atoms with Crippen LogP contribution in [0.5, 0.6) is 5.75 Å². The van der Waals surface area contributed by atoms with E-state index in [-0.39, 0.29) is 12.2 Å². The molecule has 0 bridgehead atoms. The van der Waals surface area contributed by atoms with Gasteiger partial charge in [0.15, 0.2) is 0 Å². The molecule has 2 rings (SSSR count). The molecule has 1 N–H and O–H groups in total. The topological polar surface area (TPSA) is 46.5 Å². The highest BCUT2D eigenvalue weighted by atomic mass is 16.5. The third-order valence-electron chi connectivity index (χ3n) is 3.26. The molecule has 3 heteroatoms. The van der Waals surface area contributed by atoms with Crippen molar-refractivity contribution in [2.45, 2.75) is 25.9 Å². The third-order valence-corrected chi connectivity index (χ3v) is 3.26. The Morgan fingerprint density at radius 2 is 1.84 bits per heavy atom. The Labute approximate surface area is 112 Å². The van der Waals surface area contributed by atoms with Gasteiger partial charge >= 0.3 is 0 Å². The van der Waals surface area contributed by atoms with Crippen molar-refractivity contribution in [3.8, 4) is 5.75 Å². The van der Waals surface area contributed by atoms with Crippen LogP contribution in [0, 0.1) is 0 Å². The van der Waals surface area contributed by atoms with Gasteiger partial charge < -0.3 is 9.84 Å². The van der Waals surface area contributed by atoms with Gasteiger partial charge in [-0.1, -0.05) is 18.2 Å². The zero-order valence-corrected chi connectivity index (χ0v) is 11.4. The monoisotopic (exact) mass is 258 g/mol. The SMILES string of the molecule is COc1ccc2cc([C@](C)(O)CC(C)=O)ccc2c1. The summed E-state index contributed by atoms with van der Waals surface area (Å²) in [6.45, 7) is 3.15. The van der Waals surface area contributed by atoms with Crippen molar-refractivity contribution in [2.75, 3.05) is 7.11 Å². The number of carbonyl (C=O) groups excluding carboxylic acids is 1. The van der Waals surface area contributed by atoms with Crippen molar-refractivity contribution in [3.63, 3.8) is 0 Å². The van der Waals surface area contributed by atoms with Crippen LogP contribution in [0.2, 0.25) is 0 Å². The molecule has 1 atom stereocenters. The van der Waals surface area contributed by atoms with Crippen LogP contribution in [0.4, 0.5) is 0 Å². The number of aliphatic hydroxyl groups is 1. The first kappa shape index (κ1) is 13.6. The zero-order valence-electron chi connectivity index (χ0n) is 11.4. The second-order valence-electron chi connectivity index (χ2n) is 5.08. The van der Waals surface area contributed by atoms with Crippen molar-refractivity contribution in [1.82, 2.24) is 0 Å². The smallest absolute Gasteiger partial charge is 0.133 e. The predicted octanol–water partition coefficient (Wildman–Crippen LogP) is 3.04. The van der Waals surface area contributed by atoms with Gasteiger partial charge in [0.05, 0.1) is 12.7 Å². The van der Waals surface area contributed by atoms with Crippen molar-refractivity contribution >= 4 is 16.6 Å². The van der Waals surface area contributed by atoms with Crippen LogP contribution < -0.4 is 4.74 Å². The lowest BCUT2D eigenvalue weighted by atomic mass is 9.89. The van der Waals surface area contributed by atoms with Crippen LogP contribution >= 0.6 is 0 Å². The summed E-state index contributed by atoms with van der Waals surface area (Å²) in [5.74, 6) is 0.774. The maximum Gasteiger partial charge on any atom is 0.133 e. The van der Waals surface area contributed by atoms with Gasteiger partial charge in [0, 0.05) is 6.42 Å². The lowest BCUT2D eigenvalue weighted by Gasteiger charge is -2.23. The molecule has 0 spiro atoms. The molecule has 0 unspecified atom stereocenters. The van der Waals surface area contributed by atoms with E-state index in [1.165, 1.54) is 6.92 Å². The highest BCUT2D eigenvalue weighted by molar-refractivity contribution is 5.85. The van der Waals surface area contributed by atoms with Crippen LogP contribution in [0.3, 0.4) is 0 Å².